The number of nitrogens with one attached hydrogen (secondary N) is 3. The van der Waals surface area contributed by atoms with E-state index in [9.17, 15) is 4.79 Å². The van der Waals surface area contributed by atoms with Crippen molar-refractivity contribution in [3.05, 3.63) is 59.2 Å². The third-order valence-corrected chi connectivity index (χ3v) is 9.58. The third-order valence-electron chi connectivity index (χ3n) is 9.58. The summed E-state index contributed by atoms with van der Waals surface area (Å²) in [5, 5.41) is 3.13. The van der Waals surface area contributed by atoms with Crippen LogP contribution < -0.4 is 20.9 Å². The Hall–Kier alpha value is -2.89. The number of nitrogens with zero attached hydrogens (tertiary/aromatic N) is 1. The van der Waals surface area contributed by atoms with Gasteiger partial charge in [-0.1, -0.05) is 24.0 Å². The lowest BCUT2D eigenvalue weighted by Gasteiger charge is -2.33. The number of anilines is 1. The van der Waals surface area contributed by atoms with E-state index in [2.05, 4.69) is 63.2 Å². The molecular formula is C31H36N4O3. The van der Waals surface area contributed by atoms with Gasteiger partial charge < -0.3 is 14.8 Å². The largest absolute Gasteiger partial charge is 0.497 e. The standard InChI is InChI=1S/C31H36N4O3/c1-37-23-8-11-28-25(17-23)31(30(36)32-28)18-26(31)22-7-9-24-27(33-34-29(24)16-22)10-6-20-2-4-21(5-3-20)19-35-12-14-38-15-13-35/h2-5,8,11,17,22,24,26-27,29,33-34H,7,9,12-16,18-19H2,1H3,(H,32,36)/t22?,24?,26?,27?,29?,31-/m0/s1. The van der Waals surface area contributed by atoms with E-state index in [1.165, 1.54) is 5.56 Å². The molecule has 2 aromatic rings. The number of carbonyl (C=O) groups excluding carboxylic acids is 1. The number of rotatable bonds is 4. The minimum absolute atomic E-state index is 0.155. The van der Waals surface area contributed by atoms with Crippen LogP contribution in [0.4, 0.5) is 5.69 Å². The van der Waals surface area contributed by atoms with Gasteiger partial charge in [0.05, 0.1) is 31.8 Å². The van der Waals surface area contributed by atoms with Crippen molar-refractivity contribution in [2.24, 2.45) is 17.8 Å². The molecule has 4 fully saturated rings. The van der Waals surface area contributed by atoms with Crippen molar-refractivity contribution in [3.63, 3.8) is 0 Å². The molecule has 7 rings (SSSR count). The Bertz CT molecular complexity index is 1280. The monoisotopic (exact) mass is 512 g/mol. The molecule has 3 aliphatic heterocycles. The second kappa shape index (κ2) is 9.69. The Morgan fingerprint density at radius 3 is 2.76 bits per heavy atom. The highest BCUT2D eigenvalue weighted by Crippen LogP contribution is 2.65. The van der Waals surface area contributed by atoms with Gasteiger partial charge >= 0.3 is 0 Å². The molecule has 5 unspecified atom stereocenters. The van der Waals surface area contributed by atoms with Gasteiger partial charge in [-0.2, -0.15) is 0 Å². The minimum Gasteiger partial charge on any atom is -0.497 e. The molecular weight excluding hydrogens is 476 g/mol. The van der Waals surface area contributed by atoms with E-state index in [0.29, 0.717) is 23.8 Å². The fraction of sp³-hybridized carbons (Fsp3) is 0.516. The predicted octanol–water partition coefficient (Wildman–Crippen LogP) is 3.05. The highest BCUT2D eigenvalue weighted by molar-refractivity contribution is 6.09. The molecule has 6 atom stereocenters. The molecule has 0 radical (unpaired) electrons. The van der Waals surface area contributed by atoms with Crippen molar-refractivity contribution < 1.29 is 14.3 Å². The zero-order chi connectivity index (χ0) is 25.7. The summed E-state index contributed by atoms with van der Waals surface area (Å²) < 4.78 is 10.9. The highest BCUT2D eigenvalue weighted by Gasteiger charge is 2.67. The molecule has 2 saturated carbocycles. The lowest BCUT2D eigenvalue weighted by atomic mass is 9.73. The molecule has 198 valence electrons. The molecule has 2 aromatic carbocycles. The van der Waals surface area contributed by atoms with Gasteiger partial charge in [-0.05, 0) is 79.0 Å². The molecule has 3 heterocycles. The Morgan fingerprint density at radius 2 is 1.95 bits per heavy atom. The van der Waals surface area contributed by atoms with Crippen LogP contribution in [0.25, 0.3) is 0 Å². The van der Waals surface area contributed by atoms with Gasteiger partial charge in [0.2, 0.25) is 5.91 Å². The number of amides is 1. The van der Waals surface area contributed by atoms with Gasteiger partial charge in [-0.15, -0.1) is 0 Å². The molecule has 7 nitrogen and oxygen atoms in total. The second-order valence-corrected chi connectivity index (χ2v) is 11.6. The lowest BCUT2D eigenvalue weighted by molar-refractivity contribution is -0.118. The minimum atomic E-state index is -0.361. The number of carbonyl (C=O) groups is 1. The molecule has 1 spiro atoms. The van der Waals surface area contributed by atoms with Gasteiger partial charge in [-0.25, -0.2) is 5.43 Å². The quantitative estimate of drug-likeness (QED) is 0.547. The van der Waals surface area contributed by atoms with E-state index in [1.807, 2.05) is 12.1 Å². The molecule has 5 aliphatic rings. The Morgan fingerprint density at radius 1 is 1.11 bits per heavy atom. The molecule has 7 heteroatoms. The lowest BCUT2D eigenvalue weighted by Crippen LogP contribution is -2.37. The summed E-state index contributed by atoms with van der Waals surface area (Å²) in [6.45, 7) is 4.63. The zero-order valence-corrected chi connectivity index (χ0v) is 22.0. The van der Waals surface area contributed by atoms with Crippen LogP contribution in [0.3, 0.4) is 0 Å². The molecule has 0 aromatic heterocycles. The first-order chi connectivity index (χ1) is 18.6. The highest BCUT2D eigenvalue weighted by atomic mass is 16.5. The van der Waals surface area contributed by atoms with Crippen LogP contribution in [0.2, 0.25) is 0 Å². The summed E-state index contributed by atoms with van der Waals surface area (Å²) in [4.78, 5) is 15.5. The summed E-state index contributed by atoms with van der Waals surface area (Å²) in [5.41, 5.74) is 11.1. The number of fused-ring (bicyclic) bond motifs is 3. The first-order valence-electron chi connectivity index (χ1n) is 14.1. The summed E-state index contributed by atoms with van der Waals surface area (Å²) in [6, 6.07) is 15.2. The Balaban J connectivity index is 0.976. The van der Waals surface area contributed by atoms with E-state index >= 15 is 0 Å². The number of benzene rings is 2. The third kappa shape index (κ3) is 4.20. The van der Waals surface area contributed by atoms with E-state index in [-0.39, 0.29) is 17.4 Å². The maximum Gasteiger partial charge on any atom is 0.235 e. The normalized spacial score (nSPS) is 33.7. The second-order valence-electron chi connectivity index (χ2n) is 11.6. The summed E-state index contributed by atoms with van der Waals surface area (Å²) in [6.07, 6.45) is 4.31. The van der Waals surface area contributed by atoms with Crippen molar-refractivity contribution in [1.82, 2.24) is 15.8 Å². The van der Waals surface area contributed by atoms with Gasteiger partial charge in [0.1, 0.15) is 5.75 Å². The van der Waals surface area contributed by atoms with Crippen LogP contribution >= 0.6 is 0 Å². The van der Waals surface area contributed by atoms with Crippen LogP contribution in [0, 0.1) is 29.6 Å². The van der Waals surface area contributed by atoms with Crippen LogP contribution in [0.5, 0.6) is 5.75 Å². The molecule has 2 saturated heterocycles. The van der Waals surface area contributed by atoms with Gasteiger partial charge in [0.25, 0.3) is 0 Å². The first-order valence-corrected chi connectivity index (χ1v) is 14.1. The summed E-state index contributed by atoms with van der Waals surface area (Å²) in [5.74, 6) is 9.36. The fourth-order valence-corrected chi connectivity index (χ4v) is 7.39. The predicted molar refractivity (Wildman–Crippen MR) is 146 cm³/mol. The van der Waals surface area contributed by atoms with E-state index in [0.717, 1.165) is 81.1 Å². The van der Waals surface area contributed by atoms with E-state index < -0.39 is 0 Å². The smallest absolute Gasteiger partial charge is 0.235 e. The van der Waals surface area contributed by atoms with Crippen LogP contribution in [-0.2, 0) is 21.5 Å². The number of ether oxygens (including phenoxy) is 2. The maximum atomic E-state index is 13.1. The van der Waals surface area contributed by atoms with Crippen molar-refractivity contribution in [2.75, 3.05) is 38.7 Å². The molecule has 2 aliphatic carbocycles. The molecule has 1 amide bonds. The number of hydrogen-bond acceptors (Lipinski definition) is 6. The maximum absolute atomic E-state index is 13.1. The van der Waals surface area contributed by atoms with Gasteiger partial charge in [0, 0.05) is 42.8 Å². The molecule has 0 bridgehead atoms. The van der Waals surface area contributed by atoms with Crippen LogP contribution in [-0.4, -0.2) is 56.3 Å². The molecule has 38 heavy (non-hydrogen) atoms. The number of methoxy groups -OCH3 is 1. The van der Waals surface area contributed by atoms with E-state index in [4.69, 9.17) is 9.47 Å². The van der Waals surface area contributed by atoms with Crippen molar-refractivity contribution in [1.29, 1.82) is 0 Å². The number of morpholine rings is 1. The summed E-state index contributed by atoms with van der Waals surface area (Å²) >= 11 is 0. The topological polar surface area (TPSA) is 74.9 Å². The zero-order valence-electron chi connectivity index (χ0n) is 22.0. The number of hydrogen-bond donors (Lipinski definition) is 3. The van der Waals surface area contributed by atoms with Gasteiger partial charge in [0.15, 0.2) is 0 Å². The average molecular weight is 513 g/mol. The van der Waals surface area contributed by atoms with Crippen LogP contribution in [0.1, 0.15) is 42.4 Å². The Kier molecular flexibility index (Phi) is 6.17. The van der Waals surface area contributed by atoms with Gasteiger partial charge in [-0.3, -0.25) is 15.1 Å². The summed E-state index contributed by atoms with van der Waals surface area (Å²) in [7, 11) is 1.68. The van der Waals surface area contributed by atoms with Crippen LogP contribution in [0.15, 0.2) is 42.5 Å². The first kappa shape index (κ1) is 24.2. The fourth-order valence-electron chi connectivity index (χ4n) is 7.39. The SMILES string of the molecule is COc1ccc2c(c1)[C@]1(CC1C1CCC3C(C#Cc4ccc(CN5CCOCC5)cc4)NNC3C1)C(=O)N2. The Labute approximate surface area is 224 Å². The average Bonchev–Trinajstić information content (AvgIpc) is 3.50. The van der Waals surface area contributed by atoms with Crippen molar-refractivity contribution in [3.8, 4) is 17.6 Å². The van der Waals surface area contributed by atoms with E-state index in [1.54, 1.807) is 7.11 Å². The molecule has 3 N–H and O–H groups in total. The van der Waals surface area contributed by atoms with Crippen molar-refractivity contribution >= 4 is 11.6 Å². The van der Waals surface area contributed by atoms with Crippen molar-refractivity contribution in [2.45, 2.75) is 49.7 Å². The number of hydrazine groups is 1.